The lowest BCUT2D eigenvalue weighted by atomic mass is 10.2. The van der Waals surface area contributed by atoms with Crippen LogP contribution in [0.1, 0.15) is 5.56 Å². The molecule has 0 radical (unpaired) electrons. The van der Waals surface area contributed by atoms with Crippen molar-refractivity contribution in [1.29, 1.82) is 0 Å². The maximum absolute atomic E-state index is 14.3. The summed E-state index contributed by atoms with van der Waals surface area (Å²) in [5.74, 6) is 0.352. The number of hydrogen-bond donors (Lipinski definition) is 0. The quantitative estimate of drug-likeness (QED) is 0.588. The molecule has 1 aliphatic heterocycles. The number of benzene rings is 3. The van der Waals surface area contributed by atoms with Gasteiger partial charge in [0, 0.05) is 16.7 Å². The van der Waals surface area contributed by atoms with E-state index in [0.717, 1.165) is 4.31 Å². The van der Waals surface area contributed by atoms with Crippen LogP contribution in [0.2, 0.25) is 5.02 Å². The van der Waals surface area contributed by atoms with Gasteiger partial charge in [-0.3, -0.25) is 4.31 Å². The van der Waals surface area contributed by atoms with Crippen LogP contribution in [-0.4, -0.2) is 21.6 Å². The van der Waals surface area contributed by atoms with Crippen molar-refractivity contribution in [1.82, 2.24) is 0 Å². The van der Waals surface area contributed by atoms with Crippen LogP contribution in [0, 0.1) is 5.82 Å². The van der Waals surface area contributed by atoms with Crippen molar-refractivity contribution in [2.45, 2.75) is 11.4 Å². The number of halogens is 2. The number of hydrogen-bond acceptors (Lipinski definition) is 4. The maximum Gasteiger partial charge on any atom is 0.264 e. The highest BCUT2D eigenvalue weighted by Crippen LogP contribution is 2.35. The van der Waals surface area contributed by atoms with Gasteiger partial charge in [-0.15, -0.1) is 0 Å². The molecule has 0 spiro atoms. The monoisotopic (exact) mass is 433 g/mol. The summed E-state index contributed by atoms with van der Waals surface area (Å²) in [7, 11) is -4.05. The van der Waals surface area contributed by atoms with Crippen molar-refractivity contribution in [3.8, 4) is 11.5 Å². The summed E-state index contributed by atoms with van der Waals surface area (Å²) in [6.45, 7) is 0.550. The fourth-order valence-corrected chi connectivity index (χ4v) is 4.67. The largest absolute Gasteiger partial charge is 0.486 e. The van der Waals surface area contributed by atoms with E-state index in [9.17, 15) is 12.8 Å². The fourth-order valence-electron chi connectivity index (χ4n) is 3.04. The van der Waals surface area contributed by atoms with Crippen LogP contribution in [0.25, 0.3) is 0 Å². The minimum Gasteiger partial charge on any atom is -0.486 e. The van der Waals surface area contributed by atoms with Crippen molar-refractivity contribution < 1.29 is 22.3 Å². The van der Waals surface area contributed by atoms with E-state index in [1.807, 2.05) is 0 Å². The molecule has 1 aliphatic rings. The number of nitrogens with zero attached hydrogens (tertiary/aromatic N) is 1. The summed E-state index contributed by atoms with van der Waals surface area (Å²) >= 11 is 6.08. The lowest BCUT2D eigenvalue weighted by molar-refractivity contribution is 0.171. The Balaban J connectivity index is 1.80. The average molecular weight is 434 g/mol. The molecular formula is C21H17ClFNO4S. The van der Waals surface area contributed by atoms with Gasteiger partial charge in [0.05, 0.1) is 17.1 Å². The zero-order valence-corrected chi connectivity index (χ0v) is 16.8. The molecule has 3 aromatic rings. The maximum atomic E-state index is 14.3. The van der Waals surface area contributed by atoms with E-state index in [4.69, 9.17) is 21.1 Å². The first-order valence-electron chi connectivity index (χ1n) is 8.86. The Hall–Kier alpha value is -2.77. The Bertz CT molecular complexity index is 1150. The summed E-state index contributed by atoms with van der Waals surface area (Å²) in [4.78, 5) is 0.0121. The normalized spacial score (nSPS) is 13.2. The third kappa shape index (κ3) is 4.02. The molecule has 0 amide bonds. The number of sulfonamides is 1. The van der Waals surface area contributed by atoms with Crippen LogP contribution in [-0.2, 0) is 16.6 Å². The zero-order chi connectivity index (χ0) is 20.4. The van der Waals surface area contributed by atoms with E-state index in [-0.39, 0.29) is 17.0 Å². The van der Waals surface area contributed by atoms with E-state index in [1.165, 1.54) is 24.3 Å². The van der Waals surface area contributed by atoms with Gasteiger partial charge >= 0.3 is 0 Å². The van der Waals surface area contributed by atoms with Gasteiger partial charge in [-0.05, 0) is 36.4 Å². The zero-order valence-electron chi connectivity index (χ0n) is 15.2. The van der Waals surface area contributed by atoms with Crippen molar-refractivity contribution in [3.05, 3.63) is 83.1 Å². The van der Waals surface area contributed by atoms with Crippen LogP contribution in [0.5, 0.6) is 11.5 Å². The highest BCUT2D eigenvalue weighted by molar-refractivity contribution is 7.92. The van der Waals surface area contributed by atoms with Crippen LogP contribution >= 0.6 is 11.6 Å². The second kappa shape index (κ2) is 7.93. The van der Waals surface area contributed by atoms with Gasteiger partial charge < -0.3 is 9.47 Å². The van der Waals surface area contributed by atoms with Crippen LogP contribution < -0.4 is 13.8 Å². The lowest BCUT2D eigenvalue weighted by Gasteiger charge is -2.26. The van der Waals surface area contributed by atoms with Gasteiger partial charge in [0.1, 0.15) is 19.0 Å². The van der Waals surface area contributed by atoms with E-state index in [0.29, 0.717) is 35.4 Å². The molecule has 1 heterocycles. The highest BCUT2D eigenvalue weighted by atomic mass is 35.5. The molecule has 4 rings (SSSR count). The van der Waals surface area contributed by atoms with Crippen molar-refractivity contribution >= 4 is 27.3 Å². The average Bonchev–Trinajstić information content (AvgIpc) is 2.72. The molecular weight excluding hydrogens is 417 g/mol. The van der Waals surface area contributed by atoms with Gasteiger partial charge in [0.15, 0.2) is 11.5 Å². The standard InChI is InChI=1S/C21H17ClFNO4S/c22-16-5-3-6-17(12-16)24(14-15-4-1-2-7-19(15)23)29(25,26)18-8-9-20-21(13-18)28-11-10-27-20/h1-9,12-13H,10-11,14H2. The molecule has 0 N–H and O–H groups in total. The van der Waals surface area contributed by atoms with Gasteiger partial charge in [-0.2, -0.15) is 0 Å². The van der Waals surface area contributed by atoms with Crippen molar-refractivity contribution in [2.24, 2.45) is 0 Å². The first kappa shape index (κ1) is 19.5. The predicted octanol–water partition coefficient (Wildman–Crippen LogP) is 4.65. The Morgan fingerprint density at radius 3 is 2.45 bits per heavy atom. The summed E-state index contributed by atoms with van der Waals surface area (Å²) < 4.78 is 53.4. The van der Waals surface area contributed by atoms with E-state index in [2.05, 4.69) is 0 Å². The van der Waals surface area contributed by atoms with Crippen LogP contribution in [0.15, 0.2) is 71.6 Å². The summed E-state index contributed by atoms with van der Waals surface area (Å²) in [5.41, 5.74) is 0.573. The first-order chi connectivity index (χ1) is 13.9. The van der Waals surface area contributed by atoms with Gasteiger partial charge in [0.25, 0.3) is 10.0 Å². The molecule has 3 aromatic carbocycles. The number of fused-ring (bicyclic) bond motifs is 1. The van der Waals surface area contributed by atoms with E-state index < -0.39 is 15.8 Å². The molecule has 29 heavy (non-hydrogen) atoms. The van der Waals surface area contributed by atoms with Crippen LogP contribution in [0.3, 0.4) is 0 Å². The third-order valence-corrected chi connectivity index (χ3v) is 6.47. The lowest BCUT2D eigenvalue weighted by Crippen LogP contribution is -2.31. The molecule has 5 nitrogen and oxygen atoms in total. The number of rotatable bonds is 5. The Labute approximate surface area is 173 Å². The SMILES string of the molecule is O=S(=O)(c1ccc2c(c1)OCCO2)N(Cc1ccccc1F)c1cccc(Cl)c1. The van der Waals surface area contributed by atoms with Crippen molar-refractivity contribution in [3.63, 3.8) is 0 Å². The molecule has 0 saturated carbocycles. The topological polar surface area (TPSA) is 55.8 Å². The molecule has 0 fully saturated rings. The predicted molar refractivity (Wildman–Crippen MR) is 109 cm³/mol. The van der Waals surface area contributed by atoms with Gasteiger partial charge in [-0.1, -0.05) is 35.9 Å². The Morgan fingerprint density at radius 2 is 1.69 bits per heavy atom. The third-order valence-electron chi connectivity index (χ3n) is 4.47. The molecule has 0 bridgehead atoms. The second-order valence-corrected chi connectivity index (χ2v) is 8.69. The minimum absolute atomic E-state index is 0.0121. The summed E-state index contributed by atoms with van der Waals surface area (Å²) in [6.07, 6.45) is 0. The summed E-state index contributed by atoms with van der Waals surface area (Å²) in [5, 5.41) is 0.374. The molecule has 150 valence electrons. The van der Waals surface area contributed by atoms with Gasteiger partial charge in [-0.25, -0.2) is 12.8 Å². The Kier molecular flexibility index (Phi) is 5.34. The first-order valence-corrected chi connectivity index (χ1v) is 10.7. The fraction of sp³-hybridized carbons (Fsp3) is 0.143. The summed E-state index contributed by atoms with van der Waals surface area (Å²) in [6, 6.07) is 16.9. The molecule has 8 heteroatoms. The Morgan fingerprint density at radius 1 is 0.931 bits per heavy atom. The second-order valence-electron chi connectivity index (χ2n) is 6.39. The van der Waals surface area contributed by atoms with E-state index >= 15 is 0 Å². The minimum atomic E-state index is -4.05. The molecule has 0 aromatic heterocycles. The van der Waals surface area contributed by atoms with Crippen LogP contribution in [0.4, 0.5) is 10.1 Å². The molecule has 0 saturated heterocycles. The highest BCUT2D eigenvalue weighted by Gasteiger charge is 2.28. The molecule has 0 unspecified atom stereocenters. The molecule has 0 atom stereocenters. The number of anilines is 1. The number of ether oxygens (including phenoxy) is 2. The van der Waals surface area contributed by atoms with E-state index in [1.54, 1.807) is 42.5 Å². The molecule has 0 aliphatic carbocycles. The van der Waals surface area contributed by atoms with Crippen molar-refractivity contribution in [2.75, 3.05) is 17.5 Å². The smallest absolute Gasteiger partial charge is 0.264 e. The van der Waals surface area contributed by atoms with Gasteiger partial charge in [0.2, 0.25) is 0 Å².